The molecule has 0 radical (unpaired) electrons. The highest BCUT2D eigenvalue weighted by atomic mass is 35.5. The molecule has 138 valence electrons. The van der Waals surface area contributed by atoms with Crippen LogP contribution in [0.1, 0.15) is 40.7 Å². The Hall–Kier alpha value is -2.11. The van der Waals surface area contributed by atoms with Crippen LogP contribution in [0.5, 0.6) is 0 Å². The molecule has 0 spiro atoms. The topological polar surface area (TPSA) is 54.5 Å². The number of ether oxygens (including phenoxy) is 1. The van der Waals surface area contributed by atoms with Crippen LogP contribution in [0, 0.1) is 0 Å². The van der Waals surface area contributed by atoms with Crippen LogP contribution < -0.4 is 5.32 Å². The molecule has 1 N–H and O–H groups in total. The molecular weight excluding hydrogens is 350 g/mol. The molecule has 2 aromatic rings. The van der Waals surface area contributed by atoms with Gasteiger partial charge in [0.2, 0.25) is 0 Å². The van der Waals surface area contributed by atoms with Crippen molar-refractivity contribution in [3.63, 3.8) is 0 Å². The average Bonchev–Trinajstić information content (AvgIpc) is 2.68. The number of methoxy groups -OCH3 is 1. The Morgan fingerprint density at radius 3 is 2.54 bits per heavy atom. The first-order valence-electron chi connectivity index (χ1n) is 8.93. The van der Waals surface area contributed by atoms with E-state index in [1.54, 1.807) is 19.4 Å². The molecule has 1 fully saturated rings. The number of anilines is 1. The molecule has 0 aliphatic carbocycles. The van der Waals surface area contributed by atoms with E-state index in [2.05, 4.69) is 10.3 Å². The summed E-state index contributed by atoms with van der Waals surface area (Å²) >= 11 is 6.33. The second-order valence-corrected chi connectivity index (χ2v) is 6.92. The van der Waals surface area contributed by atoms with Gasteiger partial charge in [-0.2, -0.15) is 0 Å². The highest BCUT2D eigenvalue weighted by molar-refractivity contribution is 6.33. The molecular formula is C20H24ClN3O2. The Kier molecular flexibility index (Phi) is 6.47. The van der Waals surface area contributed by atoms with E-state index < -0.39 is 0 Å². The SMILES string of the molecule is COCc1ccc(CNc2ncc(C(=O)N3CCCCC3)cc2Cl)cc1. The van der Waals surface area contributed by atoms with E-state index in [1.807, 2.05) is 29.2 Å². The Balaban J connectivity index is 1.61. The average molecular weight is 374 g/mol. The minimum atomic E-state index is 0.0133. The first-order chi connectivity index (χ1) is 12.7. The van der Waals surface area contributed by atoms with Gasteiger partial charge in [-0.1, -0.05) is 35.9 Å². The molecule has 5 nitrogen and oxygen atoms in total. The number of piperidine rings is 1. The Morgan fingerprint density at radius 2 is 1.88 bits per heavy atom. The lowest BCUT2D eigenvalue weighted by molar-refractivity contribution is 0.0724. The summed E-state index contributed by atoms with van der Waals surface area (Å²) in [6, 6.07) is 9.87. The van der Waals surface area contributed by atoms with Crippen molar-refractivity contribution in [1.82, 2.24) is 9.88 Å². The minimum Gasteiger partial charge on any atom is -0.380 e. The summed E-state index contributed by atoms with van der Waals surface area (Å²) in [5.41, 5.74) is 2.80. The number of carbonyl (C=O) groups is 1. The zero-order valence-electron chi connectivity index (χ0n) is 15.0. The maximum Gasteiger partial charge on any atom is 0.255 e. The fraction of sp³-hybridized carbons (Fsp3) is 0.400. The minimum absolute atomic E-state index is 0.0133. The van der Waals surface area contributed by atoms with Crippen LogP contribution in [-0.2, 0) is 17.9 Å². The fourth-order valence-corrected chi connectivity index (χ4v) is 3.30. The van der Waals surface area contributed by atoms with Crippen LogP contribution >= 0.6 is 11.6 Å². The van der Waals surface area contributed by atoms with E-state index in [-0.39, 0.29) is 5.91 Å². The van der Waals surface area contributed by atoms with E-state index in [0.29, 0.717) is 29.6 Å². The summed E-state index contributed by atoms with van der Waals surface area (Å²) in [5, 5.41) is 3.69. The highest BCUT2D eigenvalue weighted by Gasteiger charge is 2.19. The van der Waals surface area contributed by atoms with Gasteiger partial charge in [0, 0.05) is 32.9 Å². The number of benzene rings is 1. The quantitative estimate of drug-likeness (QED) is 0.827. The normalized spacial score (nSPS) is 14.3. The molecule has 0 unspecified atom stereocenters. The van der Waals surface area contributed by atoms with Gasteiger partial charge in [-0.05, 0) is 36.5 Å². The summed E-state index contributed by atoms with van der Waals surface area (Å²) in [6.45, 7) is 2.85. The summed E-state index contributed by atoms with van der Waals surface area (Å²) in [4.78, 5) is 18.8. The zero-order chi connectivity index (χ0) is 18.4. The molecule has 1 aromatic heterocycles. The number of nitrogens with zero attached hydrogens (tertiary/aromatic N) is 2. The molecule has 0 atom stereocenters. The van der Waals surface area contributed by atoms with Crippen LogP contribution in [0.3, 0.4) is 0 Å². The first kappa shape index (κ1) is 18.7. The summed E-state index contributed by atoms with van der Waals surface area (Å²) in [5.74, 6) is 0.599. The van der Waals surface area contributed by atoms with Gasteiger partial charge in [-0.15, -0.1) is 0 Å². The van der Waals surface area contributed by atoms with Gasteiger partial charge in [0.05, 0.1) is 17.2 Å². The Morgan fingerprint density at radius 1 is 1.19 bits per heavy atom. The van der Waals surface area contributed by atoms with E-state index in [0.717, 1.165) is 37.1 Å². The van der Waals surface area contributed by atoms with Crippen LogP contribution in [0.25, 0.3) is 0 Å². The second-order valence-electron chi connectivity index (χ2n) is 6.51. The molecule has 1 aliphatic rings. The number of nitrogens with one attached hydrogen (secondary N) is 1. The van der Waals surface area contributed by atoms with Crippen molar-refractivity contribution in [2.24, 2.45) is 0 Å². The summed E-state index contributed by atoms with van der Waals surface area (Å²) in [7, 11) is 1.68. The standard InChI is InChI=1S/C20H24ClN3O2/c1-26-14-16-7-5-15(6-8-16)12-22-19-18(21)11-17(13-23-19)20(25)24-9-3-2-4-10-24/h5-8,11,13H,2-4,9-10,12,14H2,1H3,(H,22,23). The van der Waals surface area contributed by atoms with Gasteiger partial charge in [-0.3, -0.25) is 4.79 Å². The van der Waals surface area contributed by atoms with Gasteiger partial charge in [0.15, 0.2) is 0 Å². The lowest BCUT2D eigenvalue weighted by atomic mass is 10.1. The third kappa shape index (κ3) is 4.74. The van der Waals surface area contributed by atoms with Gasteiger partial charge >= 0.3 is 0 Å². The van der Waals surface area contributed by atoms with Crippen molar-refractivity contribution in [3.8, 4) is 0 Å². The number of amides is 1. The van der Waals surface area contributed by atoms with Crippen LogP contribution in [-0.4, -0.2) is 36.0 Å². The summed E-state index contributed by atoms with van der Waals surface area (Å²) in [6.07, 6.45) is 4.93. The third-order valence-corrected chi connectivity index (χ3v) is 4.81. The number of rotatable bonds is 6. The van der Waals surface area contributed by atoms with Crippen molar-refractivity contribution in [3.05, 3.63) is 58.2 Å². The number of likely N-dealkylation sites (tertiary alicyclic amines) is 1. The maximum atomic E-state index is 12.5. The van der Waals surface area contributed by atoms with Crippen molar-refractivity contribution >= 4 is 23.3 Å². The smallest absolute Gasteiger partial charge is 0.255 e. The first-order valence-corrected chi connectivity index (χ1v) is 9.30. The van der Waals surface area contributed by atoms with Gasteiger partial charge in [-0.25, -0.2) is 4.98 Å². The van der Waals surface area contributed by atoms with E-state index in [4.69, 9.17) is 16.3 Å². The molecule has 2 heterocycles. The number of hydrogen-bond donors (Lipinski definition) is 1. The second kappa shape index (κ2) is 9.01. The largest absolute Gasteiger partial charge is 0.380 e. The summed E-state index contributed by atoms with van der Waals surface area (Å²) < 4.78 is 5.11. The van der Waals surface area contributed by atoms with E-state index >= 15 is 0 Å². The Labute approximate surface area is 159 Å². The lowest BCUT2D eigenvalue weighted by Gasteiger charge is -2.26. The number of pyridine rings is 1. The molecule has 26 heavy (non-hydrogen) atoms. The van der Waals surface area contributed by atoms with Gasteiger partial charge in [0.25, 0.3) is 5.91 Å². The van der Waals surface area contributed by atoms with Crippen molar-refractivity contribution in [2.45, 2.75) is 32.4 Å². The fourth-order valence-electron chi connectivity index (χ4n) is 3.07. The molecule has 6 heteroatoms. The van der Waals surface area contributed by atoms with Crippen LogP contribution in [0.2, 0.25) is 5.02 Å². The number of halogens is 1. The van der Waals surface area contributed by atoms with Gasteiger partial charge in [0.1, 0.15) is 5.82 Å². The predicted molar refractivity (Wildman–Crippen MR) is 103 cm³/mol. The number of carbonyl (C=O) groups excluding carboxylic acids is 1. The van der Waals surface area contributed by atoms with Crippen molar-refractivity contribution < 1.29 is 9.53 Å². The zero-order valence-corrected chi connectivity index (χ0v) is 15.8. The van der Waals surface area contributed by atoms with Gasteiger partial charge < -0.3 is 15.0 Å². The molecule has 1 aromatic carbocycles. The number of aromatic nitrogens is 1. The van der Waals surface area contributed by atoms with Crippen LogP contribution in [0.15, 0.2) is 36.5 Å². The van der Waals surface area contributed by atoms with E-state index in [1.165, 1.54) is 6.42 Å². The van der Waals surface area contributed by atoms with Crippen molar-refractivity contribution in [1.29, 1.82) is 0 Å². The maximum absolute atomic E-state index is 12.5. The Bertz CT molecular complexity index is 743. The van der Waals surface area contributed by atoms with E-state index in [9.17, 15) is 4.79 Å². The highest BCUT2D eigenvalue weighted by Crippen LogP contribution is 2.22. The molecule has 0 bridgehead atoms. The molecule has 3 rings (SSSR count). The van der Waals surface area contributed by atoms with Crippen molar-refractivity contribution in [2.75, 3.05) is 25.5 Å². The predicted octanol–water partition coefficient (Wildman–Crippen LogP) is 4.12. The molecule has 1 saturated heterocycles. The number of hydrogen-bond acceptors (Lipinski definition) is 4. The monoisotopic (exact) mass is 373 g/mol. The molecule has 1 amide bonds. The molecule has 0 saturated carbocycles. The van der Waals surface area contributed by atoms with Crippen LogP contribution in [0.4, 0.5) is 5.82 Å². The third-order valence-electron chi connectivity index (χ3n) is 4.53. The molecule has 1 aliphatic heterocycles. The lowest BCUT2D eigenvalue weighted by Crippen LogP contribution is -2.35.